The van der Waals surface area contributed by atoms with E-state index in [-0.39, 0.29) is 23.7 Å². The zero-order chi connectivity index (χ0) is 34.9. The molecule has 1 aromatic rings. The Kier molecular flexibility index (Phi) is 29.8. The van der Waals surface area contributed by atoms with Crippen molar-refractivity contribution >= 4 is 11.8 Å². The van der Waals surface area contributed by atoms with Gasteiger partial charge in [0.15, 0.2) is 0 Å². The molecule has 2 atom stereocenters. The van der Waals surface area contributed by atoms with Gasteiger partial charge in [-0.05, 0) is 24.0 Å². The van der Waals surface area contributed by atoms with Crippen molar-refractivity contribution in [3.05, 3.63) is 35.4 Å². The average molecular weight is 669 g/mol. The highest BCUT2D eigenvalue weighted by atomic mass is 16.2. The molecule has 0 aromatic heterocycles. The van der Waals surface area contributed by atoms with Crippen molar-refractivity contribution in [1.82, 2.24) is 10.6 Å². The molecule has 4 heteroatoms. The lowest BCUT2D eigenvalue weighted by molar-refractivity contribution is -0.123. The molecule has 0 saturated carbocycles. The van der Waals surface area contributed by atoms with Crippen LogP contribution in [0.15, 0.2) is 24.3 Å². The lowest BCUT2D eigenvalue weighted by Crippen LogP contribution is -2.30. The predicted molar refractivity (Wildman–Crippen MR) is 210 cm³/mol. The number of nitrogens with one attached hydrogen (secondary N) is 2. The molecular formula is C44H80N2O2. The second kappa shape index (κ2) is 32.4. The van der Waals surface area contributed by atoms with Crippen LogP contribution in [0.2, 0.25) is 0 Å². The SMILES string of the molecule is CCCCCCCCCCCCCCCCC(C(=O)NC)c1ccccc1C(CCCCCCCCCCCCCCCC)C(=O)NC. The molecule has 1 rings (SSSR count). The van der Waals surface area contributed by atoms with Crippen LogP contribution in [0.3, 0.4) is 0 Å². The maximum absolute atomic E-state index is 13.2. The van der Waals surface area contributed by atoms with E-state index < -0.39 is 0 Å². The molecule has 2 amide bonds. The molecule has 48 heavy (non-hydrogen) atoms. The van der Waals surface area contributed by atoms with Gasteiger partial charge in [0.05, 0.1) is 11.8 Å². The summed E-state index contributed by atoms with van der Waals surface area (Å²) in [5.74, 6) is -0.257. The Morgan fingerprint density at radius 1 is 0.417 bits per heavy atom. The fourth-order valence-electron chi connectivity index (χ4n) is 7.44. The monoisotopic (exact) mass is 669 g/mol. The fourth-order valence-corrected chi connectivity index (χ4v) is 7.44. The second-order valence-electron chi connectivity index (χ2n) is 14.7. The molecule has 0 spiro atoms. The van der Waals surface area contributed by atoms with Crippen LogP contribution < -0.4 is 10.6 Å². The molecule has 4 nitrogen and oxygen atoms in total. The van der Waals surface area contributed by atoms with Gasteiger partial charge in [-0.1, -0.05) is 218 Å². The van der Waals surface area contributed by atoms with Gasteiger partial charge in [0.2, 0.25) is 11.8 Å². The lowest BCUT2D eigenvalue weighted by atomic mass is 9.82. The first-order valence-corrected chi connectivity index (χ1v) is 21.1. The molecule has 0 aliphatic heterocycles. The van der Waals surface area contributed by atoms with Gasteiger partial charge in [0.1, 0.15) is 0 Å². The molecule has 0 aliphatic rings. The number of rotatable bonds is 34. The van der Waals surface area contributed by atoms with Crippen molar-refractivity contribution in [2.75, 3.05) is 14.1 Å². The van der Waals surface area contributed by atoms with E-state index in [1.807, 2.05) is 12.1 Å². The minimum Gasteiger partial charge on any atom is -0.359 e. The summed E-state index contributed by atoms with van der Waals surface area (Å²) in [6.45, 7) is 4.57. The summed E-state index contributed by atoms with van der Waals surface area (Å²) >= 11 is 0. The highest BCUT2D eigenvalue weighted by Crippen LogP contribution is 2.33. The van der Waals surface area contributed by atoms with Gasteiger partial charge < -0.3 is 10.6 Å². The minimum absolute atomic E-state index is 0.0734. The van der Waals surface area contributed by atoms with Gasteiger partial charge in [0.25, 0.3) is 0 Å². The van der Waals surface area contributed by atoms with Gasteiger partial charge in [-0.2, -0.15) is 0 Å². The van der Waals surface area contributed by atoms with Gasteiger partial charge in [-0.3, -0.25) is 9.59 Å². The lowest BCUT2D eigenvalue weighted by Gasteiger charge is -2.24. The number of amides is 2. The predicted octanol–water partition coefficient (Wildman–Crippen LogP) is 13.1. The van der Waals surface area contributed by atoms with E-state index in [1.54, 1.807) is 14.1 Å². The number of carbonyl (C=O) groups is 2. The van der Waals surface area contributed by atoms with Gasteiger partial charge >= 0.3 is 0 Å². The Balaban J connectivity index is 2.45. The Hall–Kier alpha value is -1.84. The van der Waals surface area contributed by atoms with Crippen LogP contribution in [-0.2, 0) is 9.59 Å². The number of likely N-dealkylation sites (N-methyl/N-ethyl adjacent to an activating group) is 2. The van der Waals surface area contributed by atoms with Crippen LogP contribution in [0.4, 0.5) is 0 Å². The highest BCUT2D eigenvalue weighted by Gasteiger charge is 2.28. The third-order valence-electron chi connectivity index (χ3n) is 10.6. The Labute approximate surface area is 299 Å². The van der Waals surface area contributed by atoms with Gasteiger partial charge in [0, 0.05) is 14.1 Å². The molecule has 0 saturated heterocycles. The molecule has 0 heterocycles. The summed E-state index contributed by atoms with van der Waals surface area (Å²) in [6.07, 6.45) is 39.0. The maximum Gasteiger partial charge on any atom is 0.227 e. The quantitative estimate of drug-likeness (QED) is 0.0718. The van der Waals surface area contributed by atoms with Crippen LogP contribution in [0, 0.1) is 0 Å². The van der Waals surface area contributed by atoms with Crippen molar-refractivity contribution in [3.8, 4) is 0 Å². The van der Waals surface area contributed by atoms with Crippen molar-refractivity contribution in [3.63, 3.8) is 0 Å². The van der Waals surface area contributed by atoms with E-state index >= 15 is 0 Å². The largest absolute Gasteiger partial charge is 0.359 e. The molecule has 0 fully saturated rings. The molecule has 2 unspecified atom stereocenters. The van der Waals surface area contributed by atoms with Gasteiger partial charge in [-0.15, -0.1) is 0 Å². The van der Waals surface area contributed by atoms with Crippen LogP contribution in [0.25, 0.3) is 0 Å². The summed E-state index contributed by atoms with van der Waals surface area (Å²) in [7, 11) is 3.49. The zero-order valence-electron chi connectivity index (χ0n) is 32.5. The van der Waals surface area contributed by atoms with Crippen LogP contribution >= 0.6 is 0 Å². The first-order valence-electron chi connectivity index (χ1n) is 21.1. The van der Waals surface area contributed by atoms with E-state index in [1.165, 1.54) is 167 Å². The number of unbranched alkanes of at least 4 members (excludes halogenated alkanes) is 26. The summed E-state index contributed by atoms with van der Waals surface area (Å²) in [4.78, 5) is 26.4. The first kappa shape index (κ1) is 44.2. The number of carbonyl (C=O) groups excluding carboxylic acids is 2. The minimum atomic E-state index is -0.202. The van der Waals surface area contributed by atoms with E-state index in [0.717, 1.165) is 36.8 Å². The van der Waals surface area contributed by atoms with Crippen molar-refractivity contribution in [1.29, 1.82) is 0 Å². The zero-order valence-corrected chi connectivity index (χ0v) is 32.5. The molecule has 278 valence electrons. The second-order valence-corrected chi connectivity index (χ2v) is 14.7. The number of hydrogen-bond donors (Lipinski definition) is 2. The standard InChI is InChI=1S/C44H80N2O2/c1-5-7-9-11-13-15-17-19-21-23-25-27-29-31-37-41(43(47)45-3)39-35-33-34-36-40(39)42(44(48)46-4)38-32-30-28-26-24-22-20-18-16-14-12-10-8-6-2/h33-36,41-42H,5-32,37-38H2,1-4H3,(H,45,47)(H,46,48). The Bertz CT molecular complexity index is 813. The summed E-state index contributed by atoms with van der Waals surface area (Å²) in [6, 6.07) is 8.26. The summed E-state index contributed by atoms with van der Waals surface area (Å²) < 4.78 is 0. The van der Waals surface area contributed by atoms with Crippen molar-refractivity contribution in [2.24, 2.45) is 0 Å². The Morgan fingerprint density at radius 2 is 0.646 bits per heavy atom. The van der Waals surface area contributed by atoms with Crippen LogP contribution in [0.5, 0.6) is 0 Å². The van der Waals surface area contributed by atoms with Crippen LogP contribution in [0.1, 0.15) is 229 Å². The summed E-state index contributed by atoms with van der Waals surface area (Å²) in [5, 5.41) is 5.86. The third-order valence-corrected chi connectivity index (χ3v) is 10.6. The maximum atomic E-state index is 13.2. The average Bonchev–Trinajstić information content (AvgIpc) is 3.11. The highest BCUT2D eigenvalue weighted by molar-refractivity contribution is 5.87. The van der Waals surface area contributed by atoms with E-state index in [0.29, 0.717) is 0 Å². The van der Waals surface area contributed by atoms with E-state index in [2.05, 4.69) is 36.6 Å². The summed E-state index contributed by atoms with van der Waals surface area (Å²) in [5.41, 5.74) is 2.09. The number of hydrogen-bond acceptors (Lipinski definition) is 2. The molecule has 0 radical (unpaired) electrons. The first-order chi connectivity index (χ1) is 23.6. The fraction of sp³-hybridized carbons (Fsp3) is 0.818. The number of benzene rings is 1. The van der Waals surface area contributed by atoms with Gasteiger partial charge in [-0.25, -0.2) is 0 Å². The molecule has 1 aromatic carbocycles. The third kappa shape index (κ3) is 22.0. The van der Waals surface area contributed by atoms with E-state index in [9.17, 15) is 9.59 Å². The topological polar surface area (TPSA) is 58.2 Å². The molecular weight excluding hydrogens is 588 g/mol. The normalized spacial score (nSPS) is 12.6. The Morgan fingerprint density at radius 3 is 0.875 bits per heavy atom. The smallest absolute Gasteiger partial charge is 0.227 e. The van der Waals surface area contributed by atoms with Crippen molar-refractivity contribution in [2.45, 2.75) is 218 Å². The van der Waals surface area contributed by atoms with E-state index in [4.69, 9.17) is 0 Å². The molecule has 0 aliphatic carbocycles. The molecule has 2 N–H and O–H groups in total. The van der Waals surface area contributed by atoms with Crippen LogP contribution in [-0.4, -0.2) is 25.9 Å². The van der Waals surface area contributed by atoms with Crippen molar-refractivity contribution < 1.29 is 9.59 Å². The molecule has 0 bridgehead atoms.